The van der Waals surface area contributed by atoms with E-state index in [1.807, 2.05) is 0 Å². The van der Waals surface area contributed by atoms with E-state index in [-0.39, 0.29) is 0 Å². The number of carbonyl (C=O) groups excluding carboxylic acids is 1. The number of hydrogen-bond donors (Lipinski definition) is 1. The van der Waals surface area contributed by atoms with E-state index in [1.54, 1.807) is 25.1 Å². The molecule has 1 rings (SSSR count). The molecule has 0 aliphatic carbocycles. The van der Waals surface area contributed by atoms with Crippen LogP contribution in [0.5, 0.6) is 0 Å². The molecule has 0 aliphatic rings. The highest BCUT2D eigenvalue weighted by molar-refractivity contribution is 6.36. The summed E-state index contributed by atoms with van der Waals surface area (Å²) in [5.41, 5.74) is 2.85. The number of hydrogen-bond acceptors (Lipinski definition) is 3. The SMILES string of the molecule is CCOC(=O)N/N=C\c1ccc(Cl)cc1Cl. The van der Waals surface area contributed by atoms with E-state index >= 15 is 0 Å². The van der Waals surface area contributed by atoms with Crippen LogP contribution >= 0.6 is 23.2 Å². The Morgan fingerprint density at radius 3 is 2.94 bits per heavy atom. The van der Waals surface area contributed by atoms with Crippen molar-refractivity contribution in [3.05, 3.63) is 33.8 Å². The van der Waals surface area contributed by atoms with Crippen LogP contribution in [0.3, 0.4) is 0 Å². The molecule has 1 amide bonds. The summed E-state index contributed by atoms with van der Waals surface area (Å²) in [6.07, 6.45) is 0.805. The summed E-state index contributed by atoms with van der Waals surface area (Å²) in [6, 6.07) is 4.97. The molecule has 16 heavy (non-hydrogen) atoms. The molecule has 1 aromatic carbocycles. The van der Waals surface area contributed by atoms with E-state index < -0.39 is 6.09 Å². The first-order chi connectivity index (χ1) is 7.63. The number of ether oxygens (including phenoxy) is 1. The fourth-order valence-corrected chi connectivity index (χ4v) is 1.38. The number of nitrogens with one attached hydrogen (secondary N) is 1. The number of hydrazone groups is 1. The summed E-state index contributed by atoms with van der Waals surface area (Å²) in [7, 11) is 0. The van der Waals surface area contributed by atoms with Crippen molar-refractivity contribution in [1.29, 1.82) is 0 Å². The second-order valence-corrected chi connectivity index (χ2v) is 3.60. The number of carbonyl (C=O) groups is 1. The van der Waals surface area contributed by atoms with Crippen LogP contribution in [0.15, 0.2) is 23.3 Å². The second-order valence-electron chi connectivity index (χ2n) is 2.76. The first-order valence-corrected chi connectivity index (χ1v) is 5.30. The van der Waals surface area contributed by atoms with Gasteiger partial charge in [0.1, 0.15) is 0 Å². The summed E-state index contributed by atoms with van der Waals surface area (Å²) in [6.45, 7) is 2.00. The standard InChI is InChI=1S/C10H10Cl2N2O2/c1-2-16-10(15)14-13-6-7-3-4-8(11)5-9(7)12/h3-6H,2H2,1H3,(H,14,15)/b13-6-. The Hall–Kier alpha value is -1.26. The third-order valence-electron chi connectivity index (χ3n) is 1.60. The highest BCUT2D eigenvalue weighted by Gasteiger charge is 1.99. The van der Waals surface area contributed by atoms with Gasteiger partial charge in [-0.25, -0.2) is 10.2 Å². The topological polar surface area (TPSA) is 50.7 Å². The first-order valence-electron chi connectivity index (χ1n) is 4.54. The Morgan fingerprint density at radius 2 is 2.31 bits per heavy atom. The maximum Gasteiger partial charge on any atom is 0.427 e. The normalized spacial score (nSPS) is 10.4. The summed E-state index contributed by atoms with van der Waals surface area (Å²) in [5, 5.41) is 4.68. The second kappa shape index (κ2) is 6.35. The summed E-state index contributed by atoms with van der Waals surface area (Å²) in [5.74, 6) is 0. The lowest BCUT2D eigenvalue weighted by Gasteiger charge is -2.00. The fraction of sp³-hybridized carbons (Fsp3) is 0.200. The van der Waals surface area contributed by atoms with E-state index in [0.29, 0.717) is 22.2 Å². The van der Waals surface area contributed by atoms with Crippen molar-refractivity contribution < 1.29 is 9.53 Å². The van der Waals surface area contributed by atoms with Crippen LogP contribution in [-0.4, -0.2) is 18.9 Å². The molecule has 0 aliphatic heterocycles. The molecule has 0 unspecified atom stereocenters. The molecule has 0 spiro atoms. The van der Waals surface area contributed by atoms with Gasteiger partial charge < -0.3 is 4.74 Å². The summed E-state index contributed by atoms with van der Waals surface area (Å²) in [4.78, 5) is 10.9. The van der Waals surface area contributed by atoms with Gasteiger partial charge >= 0.3 is 6.09 Å². The highest BCUT2D eigenvalue weighted by atomic mass is 35.5. The van der Waals surface area contributed by atoms with Crippen molar-refractivity contribution in [1.82, 2.24) is 5.43 Å². The lowest BCUT2D eigenvalue weighted by atomic mass is 10.2. The lowest BCUT2D eigenvalue weighted by molar-refractivity contribution is 0.152. The van der Waals surface area contributed by atoms with E-state index in [4.69, 9.17) is 23.2 Å². The average molecular weight is 261 g/mol. The van der Waals surface area contributed by atoms with Crippen molar-refractivity contribution in [2.24, 2.45) is 5.10 Å². The quantitative estimate of drug-likeness (QED) is 0.671. The van der Waals surface area contributed by atoms with Crippen LogP contribution in [-0.2, 0) is 4.74 Å². The Kier molecular flexibility index (Phi) is 5.08. The molecule has 0 saturated heterocycles. The Balaban J connectivity index is 2.59. The maximum atomic E-state index is 10.9. The van der Waals surface area contributed by atoms with Crippen LogP contribution < -0.4 is 5.43 Å². The van der Waals surface area contributed by atoms with Gasteiger partial charge in [0.15, 0.2) is 0 Å². The van der Waals surface area contributed by atoms with Crippen LogP contribution in [0.1, 0.15) is 12.5 Å². The van der Waals surface area contributed by atoms with Crippen molar-refractivity contribution >= 4 is 35.5 Å². The largest absolute Gasteiger partial charge is 0.449 e. The van der Waals surface area contributed by atoms with Crippen LogP contribution in [0.25, 0.3) is 0 Å². The van der Waals surface area contributed by atoms with E-state index in [1.165, 1.54) is 6.21 Å². The van der Waals surface area contributed by atoms with Crippen LogP contribution in [0.4, 0.5) is 4.79 Å². The van der Waals surface area contributed by atoms with Crippen molar-refractivity contribution in [3.8, 4) is 0 Å². The molecular weight excluding hydrogens is 251 g/mol. The van der Waals surface area contributed by atoms with Gasteiger partial charge in [0.05, 0.1) is 17.8 Å². The number of halogens is 2. The monoisotopic (exact) mass is 260 g/mol. The predicted octanol–water partition coefficient (Wildman–Crippen LogP) is 3.07. The van der Waals surface area contributed by atoms with Gasteiger partial charge in [-0.1, -0.05) is 29.3 Å². The molecule has 1 aromatic rings. The third-order valence-corrected chi connectivity index (χ3v) is 2.16. The molecule has 1 N–H and O–H groups in total. The average Bonchev–Trinajstić information content (AvgIpc) is 2.22. The highest BCUT2D eigenvalue weighted by Crippen LogP contribution is 2.19. The molecule has 0 bridgehead atoms. The van der Waals surface area contributed by atoms with Gasteiger partial charge in [0.25, 0.3) is 0 Å². The molecule has 86 valence electrons. The molecule has 4 nitrogen and oxygen atoms in total. The summed E-state index contributed by atoms with van der Waals surface area (Å²) < 4.78 is 4.61. The molecule has 0 radical (unpaired) electrons. The lowest BCUT2D eigenvalue weighted by Crippen LogP contribution is -2.18. The van der Waals surface area contributed by atoms with Gasteiger partial charge in [-0.3, -0.25) is 0 Å². The summed E-state index contributed by atoms with van der Waals surface area (Å²) >= 11 is 11.6. The molecule has 0 atom stereocenters. The van der Waals surface area contributed by atoms with Gasteiger partial charge in [0, 0.05) is 10.6 Å². The molecule has 6 heteroatoms. The van der Waals surface area contributed by atoms with E-state index in [9.17, 15) is 4.79 Å². The van der Waals surface area contributed by atoms with Crippen molar-refractivity contribution in [3.63, 3.8) is 0 Å². The minimum Gasteiger partial charge on any atom is -0.449 e. The molecule has 0 heterocycles. The zero-order valence-corrected chi connectivity index (χ0v) is 10.0. The van der Waals surface area contributed by atoms with E-state index in [0.717, 1.165) is 0 Å². The Labute approximate surface area is 103 Å². The fourth-order valence-electron chi connectivity index (χ4n) is 0.924. The zero-order chi connectivity index (χ0) is 12.0. The zero-order valence-electron chi connectivity index (χ0n) is 8.54. The number of benzene rings is 1. The van der Waals surface area contributed by atoms with E-state index in [2.05, 4.69) is 15.3 Å². The van der Waals surface area contributed by atoms with Crippen molar-refractivity contribution in [2.45, 2.75) is 6.92 Å². The van der Waals surface area contributed by atoms with Crippen molar-refractivity contribution in [2.75, 3.05) is 6.61 Å². The Morgan fingerprint density at radius 1 is 1.56 bits per heavy atom. The number of amides is 1. The maximum absolute atomic E-state index is 10.9. The molecule has 0 aromatic heterocycles. The Bertz CT molecular complexity index is 408. The number of rotatable bonds is 3. The first kappa shape index (κ1) is 12.8. The van der Waals surface area contributed by atoms with Gasteiger partial charge in [0.2, 0.25) is 0 Å². The van der Waals surface area contributed by atoms with Gasteiger partial charge in [-0.05, 0) is 19.1 Å². The van der Waals surface area contributed by atoms with Crippen LogP contribution in [0.2, 0.25) is 10.0 Å². The number of nitrogens with zero attached hydrogens (tertiary/aromatic N) is 1. The predicted molar refractivity (Wildman–Crippen MR) is 64.2 cm³/mol. The minimum absolute atomic E-state index is 0.295. The van der Waals surface area contributed by atoms with Crippen LogP contribution in [0, 0.1) is 0 Å². The van der Waals surface area contributed by atoms with Gasteiger partial charge in [-0.2, -0.15) is 5.10 Å². The van der Waals surface area contributed by atoms with Gasteiger partial charge in [-0.15, -0.1) is 0 Å². The molecule has 0 fully saturated rings. The molecular formula is C10H10Cl2N2O2. The minimum atomic E-state index is -0.608. The molecule has 0 saturated carbocycles. The smallest absolute Gasteiger partial charge is 0.427 e. The third kappa shape index (κ3) is 4.08.